The van der Waals surface area contributed by atoms with Crippen molar-refractivity contribution in [2.45, 2.75) is 31.6 Å². The average molecular weight is 779 g/mol. The predicted octanol–water partition coefficient (Wildman–Crippen LogP) is 15.1. The molecule has 12 rings (SSSR count). The predicted molar refractivity (Wildman–Crippen MR) is 254 cm³/mol. The molecule has 0 spiro atoms. The molecule has 2 aliphatic rings. The highest BCUT2D eigenvalue weighted by atomic mass is 14.9. The summed E-state index contributed by atoms with van der Waals surface area (Å²) in [6, 6.07) is 73.2. The third-order valence-electron chi connectivity index (χ3n) is 13.8. The van der Waals surface area contributed by atoms with Crippen LogP contribution in [0.4, 0.5) is 0 Å². The van der Waals surface area contributed by atoms with E-state index in [0.29, 0.717) is 5.82 Å². The van der Waals surface area contributed by atoms with Crippen LogP contribution in [0.1, 0.15) is 48.6 Å². The third kappa shape index (κ3) is 5.22. The third-order valence-corrected chi connectivity index (χ3v) is 13.8. The van der Waals surface area contributed by atoms with E-state index in [4.69, 9.17) is 9.97 Å². The number of nitrogens with zero attached hydrogens (tertiary/aromatic N) is 2. The van der Waals surface area contributed by atoms with E-state index in [1.165, 1.54) is 77.4 Å². The zero-order valence-electron chi connectivity index (χ0n) is 34.4. The second-order valence-electron chi connectivity index (χ2n) is 17.4. The Kier molecular flexibility index (Phi) is 7.74. The van der Waals surface area contributed by atoms with E-state index < -0.39 is 0 Å². The van der Waals surface area contributed by atoms with Crippen molar-refractivity contribution in [1.29, 1.82) is 0 Å². The molecule has 0 aliphatic heterocycles. The molecule has 0 saturated heterocycles. The molecule has 288 valence electrons. The summed E-state index contributed by atoms with van der Waals surface area (Å²) >= 11 is 0. The smallest absolute Gasteiger partial charge is 0.160 e. The Hall–Kier alpha value is -7.42. The van der Waals surface area contributed by atoms with E-state index in [9.17, 15) is 0 Å². The van der Waals surface area contributed by atoms with Crippen molar-refractivity contribution in [2.24, 2.45) is 0 Å². The molecule has 0 radical (unpaired) electrons. The summed E-state index contributed by atoms with van der Waals surface area (Å²) in [7, 11) is 0. The minimum absolute atomic E-state index is 0.161. The van der Waals surface area contributed by atoms with Crippen molar-refractivity contribution in [3.05, 3.63) is 228 Å². The van der Waals surface area contributed by atoms with Gasteiger partial charge in [-0.05, 0) is 108 Å². The summed E-state index contributed by atoms with van der Waals surface area (Å²) in [5, 5.41) is 4.87. The van der Waals surface area contributed by atoms with Gasteiger partial charge in [0.15, 0.2) is 5.82 Å². The number of benzene rings is 9. The molecule has 1 aromatic heterocycles. The van der Waals surface area contributed by atoms with Gasteiger partial charge in [-0.15, -0.1) is 0 Å². The van der Waals surface area contributed by atoms with Crippen molar-refractivity contribution in [3.63, 3.8) is 0 Å². The first-order valence-corrected chi connectivity index (χ1v) is 21.3. The number of rotatable bonds is 5. The average Bonchev–Trinajstić information content (AvgIpc) is 3.72. The Balaban J connectivity index is 1.07. The van der Waals surface area contributed by atoms with E-state index >= 15 is 0 Å². The molecule has 1 unspecified atom stereocenters. The summed E-state index contributed by atoms with van der Waals surface area (Å²) in [5.74, 6) is 0.715. The van der Waals surface area contributed by atoms with Gasteiger partial charge < -0.3 is 0 Å². The molecule has 2 nitrogen and oxygen atoms in total. The van der Waals surface area contributed by atoms with Gasteiger partial charge in [-0.2, -0.15) is 0 Å². The van der Waals surface area contributed by atoms with Gasteiger partial charge in [0, 0.05) is 27.5 Å². The van der Waals surface area contributed by atoms with Crippen molar-refractivity contribution >= 4 is 21.5 Å². The van der Waals surface area contributed by atoms with Gasteiger partial charge in [-0.25, -0.2) is 9.97 Å². The van der Waals surface area contributed by atoms with Crippen LogP contribution < -0.4 is 0 Å². The molecule has 0 amide bonds. The Morgan fingerprint density at radius 1 is 0.344 bits per heavy atom. The maximum atomic E-state index is 5.39. The molecule has 0 N–H and O–H groups in total. The van der Waals surface area contributed by atoms with Crippen LogP contribution in [0.2, 0.25) is 0 Å². The van der Waals surface area contributed by atoms with Crippen LogP contribution in [0.15, 0.2) is 200 Å². The molecule has 1 heterocycles. The lowest BCUT2D eigenvalue weighted by Gasteiger charge is -2.28. The maximum Gasteiger partial charge on any atom is 0.160 e. The maximum absolute atomic E-state index is 5.39. The standard InChI is InChI=1S/C59H42N2/c1-58(2)50-30-17-28-47(56(50)48-34-38-20-10-11-21-39(38)35-52(48)58)54-36-53(60-57(61-54)37-18-6-4-7-19-37)44-33-32-43(41-24-12-13-25-42(41)44)45-27-16-31-51-55(45)46-26-14-15-29-49(46)59(51,3)40-22-8-5-9-23-40/h4-36H,1-3H3. The van der Waals surface area contributed by atoms with E-state index in [-0.39, 0.29) is 10.8 Å². The fourth-order valence-electron chi connectivity index (χ4n) is 10.7. The van der Waals surface area contributed by atoms with Crippen molar-refractivity contribution < 1.29 is 0 Å². The van der Waals surface area contributed by atoms with Crippen LogP contribution in [0.3, 0.4) is 0 Å². The second kappa shape index (κ2) is 13.3. The molecule has 0 saturated carbocycles. The molecule has 9 aromatic carbocycles. The lowest BCUT2D eigenvalue weighted by molar-refractivity contribution is 0.661. The molecule has 0 fully saturated rings. The number of fused-ring (bicyclic) bond motifs is 8. The summed E-state index contributed by atoms with van der Waals surface area (Å²) in [6.07, 6.45) is 0. The van der Waals surface area contributed by atoms with Crippen LogP contribution in [-0.2, 0) is 10.8 Å². The van der Waals surface area contributed by atoms with Crippen LogP contribution in [0.5, 0.6) is 0 Å². The van der Waals surface area contributed by atoms with Gasteiger partial charge in [-0.1, -0.05) is 196 Å². The molecule has 0 bridgehead atoms. The topological polar surface area (TPSA) is 25.8 Å². The monoisotopic (exact) mass is 778 g/mol. The lowest BCUT2D eigenvalue weighted by atomic mass is 9.74. The molecule has 1 atom stereocenters. The molecule has 2 heteroatoms. The van der Waals surface area contributed by atoms with Gasteiger partial charge in [0.1, 0.15) is 0 Å². The Morgan fingerprint density at radius 2 is 0.885 bits per heavy atom. The quantitative estimate of drug-likeness (QED) is 0.174. The summed E-state index contributed by atoms with van der Waals surface area (Å²) in [6.45, 7) is 7.10. The molecule has 2 aliphatic carbocycles. The Labute approximate surface area is 356 Å². The minimum atomic E-state index is -0.273. The largest absolute Gasteiger partial charge is 0.228 e. The Bertz CT molecular complexity index is 3400. The highest BCUT2D eigenvalue weighted by Gasteiger charge is 2.42. The Morgan fingerprint density at radius 3 is 1.66 bits per heavy atom. The number of aromatic nitrogens is 2. The van der Waals surface area contributed by atoms with E-state index in [1.54, 1.807) is 0 Å². The zero-order valence-corrected chi connectivity index (χ0v) is 34.4. The first kappa shape index (κ1) is 35.5. The van der Waals surface area contributed by atoms with Gasteiger partial charge in [0.2, 0.25) is 0 Å². The van der Waals surface area contributed by atoms with E-state index in [2.05, 4.69) is 221 Å². The van der Waals surface area contributed by atoms with Gasteiger partial charge in [0.05, 0.1) is 11.4 Å². The normalized spacial score (nSPS) is 15.7. The SMILES string of the molecule is CC1(C)c2cc3ccccc3cc2-c2c(-c3cc(-c4ccc(-c5cccc6c5-c5ccccc5C6(C)c5ccccc5)c5ccccc45)nc(-c4ccccc4)n3)cccc21. The first-order valence-electron chi connectivity index (χ1n) is 21.3. The summed E-state index contributed by atoms with van der Waals surface area (Å²) in [4.78, 5) is 10.8. The van der Waals surface area contributed by atoms with Crippen molar-refractivity contribution in [1.82, 2.24) is 9.97 Å². The lowest BCUT2D eigenvalue weighted by Crippen LogP contribution is -2.22. The summed E-state index contributed by atoms with van der Waals surface area (Å²) < 4.78 is 0. The zero-order chi connectivity index (χ0) is 40.9. The molecular weight excluding hydrogens is 737 g/mol. The van der Waals surface area contributed by atoms with Crippen molar-refractivity contribution in [2.75, 3.05) is 0 Å². The number of hydrogen-bond donors (Lipinski definition) is 0. The van der Waals surface area contributed by atoms with E-state index in [1.807, 2.05) is 0 Å². The highest BCUT2D eigenvalue weighted by molar-refractivity contribution is 6.08. The van der Waals surface area contributed by atoms with Crippen LogP contribution in [0.25, 0.3) is 88.8 Å². The van der Waals surface area contributed by atoms with Gasteiger partial charge in [-0.3, -0.25) is 0 Å². The molecular formula is C59H42N2. The van der Waals surface area contributed by atoms with Crippen LogP contribution >= 0.6 is 0 Å². The summed E-state index contributed by atoms with van der Waals surface area (Å²) in [5.41, 5.74) is 18.9. The highest BCUT2D eigenvalue weighted by Crippen LogP contribution is 2.56. The second-order valence-corrected chi connectivity index (χ2v) is 17.4. The van der Waals surface area contributed by atoms with Gasteiger partial charge >= 0.3 is 0 Å². The number of hydrogen-bond acceptors (Lipinski definition) is 2. The van der Waals surface area contributed by atoms with Crippen molar-refractivity contribution in [3.8, 4) is 67.3 Å². The minimum Gasteiger partial charge on any atom is -0.228 e. The fourth-order valence-corrected chi connectivity index (χ4v) is 10.7. The van der Waals surface area contributed by atoms with Crippen LogP contribution in [0, 0.1) is 0 Å². The van der Waals surface area contributed by atoms with Crippen LogP contribution in [-0.4, -0.2) is 9.97 Å². The first-order chi connectivity index (χ1) is 29.9. The van der Waals surface area contributed by atoms with Gasteiger partial charge in [0.25, 0.3) is 0 Å². The van der Waals surface area contributed by atoms with E-state index in [0.717, 1.165) is 33.5 Å². The molecule has 10 aromatic rings. The molecule has 61 heavy (non-hydrogen) atoms. The fraction of sp³-hybridized carbons (Fsp3) is 0.0847.